The van der Waals surface area contributed by atoms with Gasteiger partial charge in [0.05, 0.1) is 0 Å². The first-order chi connectivity index (χ1) is 15.8. The molecule has 5 nitrogen and oxygen atoms in total. The van der Waals surface area contributed by atoms with E-state index in [1.165, 1.54) is 0 Å². The average Bonchev–Trinajstić information content (AvgIpc) is 2.67. The zero-order chi connectivity index (χ0) is 28.6. The van der Waals surface area contributed by atoms with Gasteiger partial charge in [0, 0.05) is 12.2 Å². The molecule has 21 heteroatoms. The van der Waals surface area contributed by atoms with Gasteiger partial charge in [-0.05, 0) is 24.3 Å². The number of rotatable bonds is 10. The lowest BCUT2D eigenvalue weighted by atomic mass is 9.93. The van der Waals surface area contributed by atoms with Crippen molar-refractivity contribution >= 4 is 27.3 Å². The molecule has 0 heterocycles. The summed E-state index contributed by atoms with van der Waals surface area (Å²) in [5, 5.41) is -1.89. The summed E-state index contributed by atoms with van der Waals surface area (Å²) in [4.78, 5) is 11.4. The van der Waals surface area contributed by atoms with Crippen LogP contribution in [0.2, 0.25) is 0 Å². The van der Waals surface area contributed by atoms with Crippen molar-refractivity contribution in [3.05, 3.63) is 30.1 Å². The maximum absolute atomic E-state index is 13.6. The Bertz CT molecular complexity index is 1040. The second kappa shape index (κ2) is 9.93. The Hall–Kier alpha value is -2.19. The molecule has 1 rings (SSSR count). The van der Waals surface area contributed by atoms with Crippen LogP contribution in [0.5, 0.6) is 5.75 Å². The quantitative estimate of drug-likeness (QED) is 0.334. The highest BCUT2D eigenvalue weighted by molar-refractivity contribution is 8.14. The summed E-state index contributed by atoms with van der Waals surface area (Å²) in [6.07, 6.45) is -10.2. The third-order valence-electron chi connectivity index (χ3n) is 3.88. The van der Waals surface area contributed by atoms with Crippen molar-refractivity contribution in [3.63, 3.8) is 0 Å². The van der Waals surface area contributed by atoms with E-state index in [1.54, 1.807) is 0 Å². The summed E-state index contributed by atoms with van der Waals surface area (Å²) in [5.41, 5.74) is 0. The van der Waals surface area contributed by atoms with Gasteiger partial charge in [-0.25, -0.2) is 9.11 Å². The normalized spacial score (nSPS) is 14.5. The molecule has 0 atom stereocenters. The Morgan fingerprint density at radius 2 is 1.22 bits per heavy atom. The van der Waals surface area contributed by atoms with E-state index in [0.717, 1.165) is 16.9 Å². The largest absolute Gasteiger partial charge is 0.460 e. The number of hydrogen-bond donors (Lipinski definition) is 1. The molecule has 1 amide bonds. The highest BCUT2D eigenvalue weighted by Crippen LogP contribution is 2.60. The standard InChI is InChI=1S/C15H9F14NO4S2/c16-7-1-3-8(4-2-7)34-36(32,33)30-9(31)35-6-5-10(17,18)11(19,20)12(21,22)13(23,24)14(25,26)15(27,28)29/h1-4H,5-6H2,(H,30,31). The summed E-state index contributed by atoms with van der Waals surface area (Å²) in [5.74, 6) is -41.0. The van der Waals surface area contributed by atoms with Crippen molar-refractivity contribution in [1.82, 2.24) is 4.72 Å². The third-order valence-corrected chi connectivity index (χ3v) is 5.62. The SMILES string of the molecule is O=C(NS(=O)(=O)Oc1ccc(F)cc1)SCCC(F)(F)C(F)(F)C(F)(F)C(F)(F)C(F)(F)C(F)(F)F. The molecule has 1 aromatic carbocycles. The molecule has 0 bridgehead atoms. The number of alkyl halides is 13. The Morgan fingerprint density at radius 1 is 0.778 bits per heavy atom. The lowest BCUT2D eigenvalue weighted by molar-refractivity contribution is -0.439. The van der Waals surface area contributed by atoms with Gasteiger partial charge in [-0.3, -0.25) is 4.79 Å². The van der Waals surface area contributed by atoms with E-state index in [2.05, 4.69) is 4.18 Å². The first-order valence-corrected chi connectivity index (χ1v) is 10.8. The lowest BCUT2D eigenvalue weighted by Crippen LogP contribution is -2.70. The van der Waals surface area contributed by atoms with Crippen LogP contribution in [0.4, 0.5) is 66.3 Å². The van der Waals surface area contributed by atoms with Gasteiger partial charge >= 0.3 is 46.1 Å². The first-order valence-electron chi connectivity index (χ1n) is 8.43. The van der Waals surface area contributed by atoms with Gasteiger partial charge < -0.3 is 4.18 Å². The maximum Gasteiger partial charge on any atom is 0.460 e. The number of amides is 1. The van der Waals surface area contributed by atoms with E-state index < -0.39 is 86.8 Å². The second-order valence-electron chi connectivity index (χ2n) is 6.48. The van der Waals surface area contributed by atoms with Gasteiger partial charge in [0.1, 0.15) is 11.6 Å². The van der Waals surface area contributed by atoms with Gasteiger partial charge in [0.25, 0.3) is 5.24 Å². The summed E-state index contributed by atoms with van der Waals surface area (Å²) in [7, 11) is -5.10. The fraction of sp³-hybridized carbons (Fsp3) is 0.533. The molecular weight excluding hydrogens is 588 g/mol. The van der Waals surface area contributed by atoms with Crippen LogP contribution in [0, 0.1) is 5.82 Å². The predicted molar refractivity (Wildman–Crippen MR) is 92.3 cm³/mol. The Balaban J connectivity index is 2.92. The van der Waals surface area contributed by atoms with Crippen molar-refractivity contribution in [3.8, 4) is 5.75 Å². The number of benzene rings is 1. The van der Waals surface area contributed by atoms with E-state index in [-0.39, 0.29) is 0 Å². The number of thioether (sulfide) groups is 1. The molecule has 0 spiro atoms. The topological polar surface area (TPSA) is 72.5 Å². The number of carbonyl (C=O) groups is 1. The zero-order valence-electron chi connectivity index (χ0n) is 16.5. The number of nitrogens with one attached hydrogen (secondary N) is 1. The summed E-state index contributed by atoms with van der Waals surface area (Å²) < 4.78 is 210. The zero-order valence-corrected chi connectivity index (χ0v) is 18.1. The molecule has 0 saturated carbocycles. The van der Waals surface area contributed by atoms with Gasteiger partial charge in [0.15, 0.2) is 0 Å². The summed E-state index contributed by atoms with van der Waals surface area (Å²) in [6, 6.07) is 2.89. The minimum Gasteiger partial charge on any atom is -0.367 e. The predicted octanol–water partition coefficient (Wildman–Crippen LogP) is 6.02. The number of halogens is 14. The molecule has 208 valence electrons. The molecule has 0 unspecified atom stereocenters. The summed E-state index contributed by atoms with van der Waals surface area (Å²) >= 11 is -0.656. The average molecular weight is 597 g/mol. The number of carbonyl (C=O) groups excluding carboxylic acids is 1. The maximum atomic E-state index is 13.6. The van der Waals surface area contributed by atoms with E-state index in [0.29, 0.717) is 12.1 Å². The molecule has 0 aromatic heterocycles. The monoisotopic (exact) mass is 597 g/mol. The van der Waals surface area contributed by atoms with E-state index in [9.17, 15) is 74.7 Å². The van der Waals surface area contributed by atoms with Crippen LogP contribution in [0.1, 0.15) is 6.42 Å². The molecule has 0 radical (unpaired) electrons. The van der Waals surface area contributed by atoms with Crippen molar-refractivity contribution in [1.29, 1.82) is 0 Å². The van der Waals surface area contributed by atoms with Gasteiger partial charge in [0.2, 0.25) is 0 Å². The van der Waals surface area contributed by atoms with Crippen LogP contribution in [-0.4, -0.2) is 55.2 Å². The van der Waals surface area contributed by atoms with Gasteiger partial charge in [-0.15, -0.1) is 0 Å². The molecule has 36 heavy (non-hydrogen) atoms. The fourth-order valence-corrected chi connectivity index (χ4v) is 3.70. The second-order valence-corrected chi connectivity index (χ2v) is 8.83. The Labute approximate surface area is 195 Å². The molecule has 1 aromatic rings. The van der Waals surface area contributed by atoms with E-state index in [4.69, 9.17) is 0 Å². The van der Waals surface area contributed by atoms with Gasteiger partial charge in [-0.2, -0.15) is 65.5 Å². The van der Waals surface area contributed by atoms with Crippen molar-refractivity contribution in [2.75, 3.05) is 5.75 Å². The Morgan fingerprint density at radius 3 is 1.67 bits per heavy atom. The minimum absolute atomic E-state index is 0.591. The van der Waals surface area contributed by atoms with Crippen molar-refractivity contribution in [2.24, 2.45) is 0 Å². The van der Waals surface area contributed by atoms with Crippen LogP contribution in [0.3, 0.4) is 0 Å². The Kier molecular flexibility index (Phi) is 8.79. The van der Waals surface area contributed by atoms with Crippen LogP contribution >= 0.6 is 11.8 Å². The first kappa shape index (κ1) is 31.8. The molecule has 0 saturated heterocycles. The van der Waals surface area contributed by atoms with Crippen LogP contribution in [0.15, 0.2) is 24.3 Å². The van der Waals surface area contributed by atoms with Crippen LogP contribution < -0.4 is 8.91 Å². The molecular formula is C15H9F14NO4S2. The highest BCUT2D eigenvalue weighted by Gasteiger charge is 2.90. The molecule has 1 N–H and O–H groups in total. The van der Waals surface area contributed by atoms with Crippen molar-refractivity contribution < 1.29 is 78.9 Å². The lowest BCUT2D eigenvalue weighted by Gasteiger charge is -2.39. The highest BCUT2D eigenvalue weighted by atomic mass is 32.2. The smallest absolute Gasteiger partial charge is 0.367 e. The van der Waals surface area contributed by atoms with Crippen LogP contribution in [0.25, 0.3) is 0 Å². The van der Waals surface area contributed by atoms with Gasteiger partial charge in [-0.1, -0.05) is 11.8 Å². The number of hydrogen-bond acceptors (Lipinski definition) is 5. The molecule has 0 aliphatic carbocycles. The molecule has 0 fully saturated rings. The van der Waals surface area contributed by atoms with Crippen LogP contribution in [-0.2, 0) is 10.3 Å². The fourth-order valence-electron chi connectivity index (χ4n) is 2.00. The van der Waals surface area contributed by atoms with E-state index >= 15 is 0 Å². The van der Waals surface area contributed by atoms with E-state index in [1.807, 2.05) is 0 Å². The molecule has 0 aliphatic rings. The van der Waals surface area contributed by atoms with Crippen molar-refractivity contribution in [2.45, 2.75) is 42.2 Å². The third kappa shape index (κ3) is 6.20. The minimum atomic E-state index is -8.05. The molecule has 0 aliphatic heterocycles. The summed E-state index contributed by atoms with van der Waals surface area (Å²) in [6.45, 7) is 0.